The molecule has 0 amide bonds. The minimum absolute atomic E-state index is 0.217. The number of anilines is 2. The molecule has 2 fully saturated rings. The van der Waals surface area contributed by atoms with Crippen molar-refractivity contribution in [3.05, 3.63) is 30.2 Å². The number of rotatable bonds is 4. The van der Waals surface area contributed by atoms with Crippen LogP contribution in [-0.2, 0) is 11.3 Å². The smallest absolute Gasteiger partial charge is 0.219 e. The third-order valence-corrected chi connectivity index (χ3v) is 6.47. The maximum Gasteiger partial charge on any atom is 0.219 e. The predicted molar refractivity (Wildman–Crippen MR) is 128 cm³/mol. The Labute approximate surface area is 194 Å². The Balaban J connectivity index is 1.44. The van der Waals surface area contributed by atoms with E-state index in [2.05, 4.69) is 57.6 Å². The zero-order valence-electron chi connectivity index (χ0n) is 19.7. The first-order valence-electron chi connectivity index (χ1n) is 11.6. The number of nitrogen functional groups attached to an aromatic ring is 1. The lowest BCUT2D eigenvalue weighted by Crippen LogP contribution is -2.53. The van der Waals surface area contributed by atoms with E-state index in [0.717, 1.165) is 74.2 Å². The van der Waals surface area contributed by atoms with E-state index in [9.17, 15) is 0 Å². The lowest BCUT2D eigenvalue weighted by atomic mass is 10.0. The van der Waals surface area contributed by atoms with E-state index in [1.807, 2.05) is 4.52 Å². The van der Waals surface area contributed by atoms with E-state index in [1.165, 1.54) is 0 Å². The van der Waals surface area contributed by atoms with Crippen molar-refractivity contribution < 1.29 is 4.74 Å². The minimum atomic E-state index is 0.217. The highest BCUT2D eigenvalue weighted by atomic mass is 16.5. The number of hydrogen-bond donors (Lipinski definition) is 1. The van der Waals surface area contributed by atoms with Crippen LogP contribution in [0.15, 0.2) is 24.5 Å². The molecule has 5 heterocycles. The van der Waals surface area contributed by atoms with Gasteiger partial charge in [-0.1, -0.05) is 0 Å². The van der Waals surface area contributed by atoms with Crippen LogP contribution >= 0.6 is 0 Å². The van der Waals surface area contributed by atoms with Crippen molar-refractivity contribution in [2.75, 3.05) is 63.1 Å². The molecule has 0 atom stereocenters. The van der Waals surface area contributed by atoms with Crippen molar-refractivity contribution in [3.8, 4) is 11.3 Å². The molecule has 2 N–H and O–H groups in total. The van der Waals surface area contributed by atoms with Gasteiger partial charge >= 0.3 is 0 Å². The quantitative estimate of drug-likeness (QED) is 0.633. The fourth-order valence-corrected chi connectivity index (χ4v) is 4.53. The Hall–Kier alpha value is -2.82. The Kier molecular flexibility index (Phi) is 5.90. The van der Waals surface area contributed by atoms with Crippen LogP contribution in [0.4, 0.5) is 11.8 Å². The lowest BCUT2D eigenvalue weighted by Gasteiger charge is -2.42. The van der Waals surface area contributed by atoms with Crippen molar-refractivity contribution in [2.24, 2.45) is 0 Å². The summed E-state index contributed by atoms with van der Waals surface area (Å²) in [5.74, 6) is 1.27. The van der Waals surface area contributed by atoms with Crippen LogP contribution in [0.25, 0.3) is 16.9 Å². The number of nitrogens with zero attached hydrogens (tertiary/aromatic N) is 8. The molecular formula is C23H33N9O. The molecule has 3 aromatic heterocycles. The van der Waals surface area contributed by atoms with Crippen LogP contribution in [0.1, 0.15) is 26.5 Å². The largest absolute Gasteiger partial charge is 0.378 e. The molecule has 2 saturated heterocycles. The molecule has 2 aliphatic rings. The molecule has 5 rings (SSSR count). The van der Waals surface area contributed by atoms with Gasteiger partial charge in [-0.2, -0.15) is 9.61 Å². The minimum Gasteiger partial charge on any atom is -0.378 e. The van der Waals surface area contributed by atoms with Crippen LogP contribution in [0.3, 0.4) is 0 Å². The first-order valence-corrected chi connectivity index (χ1v) is 11.6. The van der Waals surface area contributed by atoms with Gasteiger partial charge in [0.1, 0.15) is 5.82 Å². The fraction of sp³-hybridized carbons (Fsp3) is 0.565. The molecule has 0 radical (unpaired) electrons. The van der Waals surface area contributed by atoms with Gasteiger partial charge in [-0.3, -0.25) is 9.80 Å². The Morgan fingerprint density at radius 3 is 2.33 bits per heavy atom. The van der Waals surface area contributed by atoms with E-state index in [1.54, 1.807) is 12.4 Å². The van der Waals surface area contributed by atoms with Gasteiger partial charge in [0.2, 0.25) is 5.95 Å². The zero-order chi connectivity index (χ0) is 23.0. The van der Waals surface area contributed by atoms with E-state index in [-0.39, 0.29) is 11.5 Å². The van der Waals surface area contributed by atoms with Crippen molar-refractivity contribution in [3.63, 3.8) is 0 Å². The van der Waals surface area contributed by atoms with Crippen LogP contribution in [0, 0.1) is 0 Å². The van der Waals surface area contributed by atoms with Gasteiger partial charge in [-0.25, -0.2) is 15.0 Å². The Morgan fingerprint density at radius 2 is 1.67 bits per heavy atom. The average molecular weight is 452 g/mol. The third-order valence-electron chi connectivity index (χ3n) is 6.47. The molecule has 0 unspecified atom stereocenters. The van der Waals surface area contributed by atoms with Gasteiger partial charge in [0.05, 0.1) is 24.6 Å². The average Bonchev–Trinajstić information content (AvgIpc) is 3.21. The second-order valence-electron chi connectivity index (χ2n) is 9.77. The highest BCUT2D eigenvalue weighted by Gasteiger charge is 2.26. The lowest BCUT2D eigenvalue weighted by molar-refractivity contribution is 0.0585. The van der Waals surface area contributed by atoms with E-state index in [4.69, 9.17) is 20.6 Å². The Bertz CT molecular complexity index is 1090. The molecule has 33 heavy (non-hydrogen) atoms. The van der Waals surface area contributed by atoms with Gasteiger partial charge in [-0.05, 0) is 20.8 Å². The summed E-state index contributed by atoms with van der Waals surface area (Å²) < 4.78 is 7.53. The molecule has 10 heteroatoms. The molecule has 0 aromatic carbocycles. The number of aromatic nitrogens is 5. The second-order valence-corrected chi connectivity index (χ2v) is 9.77. The number of nitrogens with two attached hydrogens (primary N) is 1. The number of morpholine rings is 1. The molecule has 0 saturated carbocycles. The topological polar surface area (TPSA) is 101 Å². The molecule has 0 aliphatic carbocycles. The highest BCUT2D eigenvalue weighted by molar-refractivity contribution is 5.66. The van der Waals surface area contributed by atoms with Gasteiger partial charge in [0.15, 0.2) is 5.65 Å². The van der Waals surface area contributed by atoms with E-state index in [0.29, 0.717) is 13.2 Å². The number of ether oxygens (including phenoxy) is 1. The van der Waals surface area contributed by atoms with Crippen LogP contribution < -0.4 is 10.6 Å². The SMILES string of the molecule is CC(C)(C)N1CCN(Cc2cc3nc(-c4cnc(N)nc4)cc(N4CCOCC4)n3n2)CC1. The number of piperazine rings is 1. The fourth-order valence-electron chi connectivity index (χ4n) is 4.53. The summed E-state index contributed by atoms with van der Waals surface area (Å²) in [4.78, 5) is 20.5. The maximum absolute atomic E-state index is 5.68. The maximum atomic E-state index is 5.68. The zero-order valence-corrected chi connectivity index (χ0v) is 19.7. The van der Waals surface area contributed by atoms with Gasteiger partial charge in [0, 0.05) is 81.4 Å². The molecule has 10 nitrogen and oxygen atoms in total. The van der Waals surface area contributed by atoms with Crippen molar-refractivity contribution in [2.45, 2.75) is 32.9 Å². The van der Waals surface area contributed by atoms with Crippen LogP contribution in [0.2, 0.25) is 0 Å². The van der Waals surface area contributed by atoms with Crippen LogP contribution in [-0.4, -0.2) is 92.4 Å². The summed E-state index contributed by atoms with van der Waals surface area (Å²) in [6, 6.07) is 4.16. The van der Waals surface area contributed by atoms with Gasteiger partial charge in [0.25, 0.3) is 0 Å². The molecule has 3 aromatic rings. The summed E-state index contributed by atoms with van der Waals surface area (Å²) in [5, 5.41) is 4.96. The first-order chi connectivity index (χ1) is 15.9. The second kappa shape index (κ2) is 8.85. The van der Waals surface area contributed by atoms with Gasteiger partial charge in [-0.15, -0.1) is 0 Å². The number of hydrogen-bond acceptors (Lipinski definition) is 9. The van der Waals surface area contributed by atoms with Crippen molar-refractivity contribution >= 4 is 17.4 Å². The molecular weight excluding hydrogens is 418 g/mol. The molecule has 0 spiro atoms. The normalized spacial score (nSPS) is 18.8. The van der Waals surface area contributed by atoms with Crippen molar-refractivity contribution in [1.29, 1.82) is 0 Å². The highest BCUT2D eigenvalue weighted by Crippen LogP contribution is 2.26. The van der Waals surface area contributed by atoms with Gasteiger partial charge < -0.3 is 15.4 Å². The summed E-state index contributed by atoms with van der Waals surface area (Å²) in [7, 11) is 0. The van der Waals surface area contributed by atoms with E-state index < -0.39 is 0 Å². The van der Waals surface area contributed by atoms with Crippen LogP contribution in [0.5, 0.6) is 0 Å². The van der Waals surface area contributed by atoms with E-state index >= 15 is 0 Å². The Morgan fingerprint density at radius 1 is 0.970 bits per heavy atom. The number of fused-ring (bicyclic) bond motifs is 1. The summed E-state index contributed by atoms with van der Waals surface area (Å²) in [5.41, 5.74) is 9.41. The summed E-state index contributed by atoms with van der Waals surface area (Å²) in [6.45, 7) is 15.0. The summed E-state index contributed by atoms with van der Waals surface area (Å²) in [6.07, 6.45) is 3.44. The monoisotopic (exact) mass is 451 g/mol. The molecule has 2 aliphatic heterocycles. The first kappa shape index (κ1) is 22.0. The third kappa shape index (κ3) is 4.78. The van der Waals surface area contributed by atoms with Crippen molar-refractivity contribution in [1.82, 2.24) is 34.4 Å². The standard InChI is InChI=1S/C23H33N9O/c1-23(2,3)31-6-4-29(5-7-31)16-18-12-20-27-19(17-14-25-22(24)26-15-17)13-21(32(20)28-18)30-8-10-33-11-9-30/h12-15H,4-11,16H2,1-3H3,(H2,24,25,26). The summed E-state index contributed by atoms with van der Waals surface area (Å²) >= 11 is 0. The predicted octanol–water partition coefficient (Wildman–Crippen LogP) is 1.52. The molecule has 0 bridgehead atoms. The molecule has 176 valence electrons.